The molecule has 1 atom stereocenters. The van der Waals surface area contributed by atoms with E-state index in [1.54, 1.807) is 6.07 Å². The summed E-state index contributed by atoms with van der Waals surface area (Å²) in [6.45, 7) is 2.38. The quantitative estimate of drug-likeness (QED) is 0.834. The molecule has 0 aromatic heterocycles. The van der Waals surface area contributed by atoms with Crippen LogP contribution in [0.25, 0.3) is 0 Å². The van der Waals surface area contributed by atoms with Crippen molar-refractivity contribution in [3.05, 3.63) is 34.6 Å². The summed E-state index contributed by atoms with van der Waals surface area (Å²) in [4.78, 5) is 13.5. The molecule has 19 heavy (non-hydrogen) atoms. The average molecular weight is 267 g/mol. The van der Waals surface area contributed by atoms with Crippen molar-refractivity contribution in [2.45, 2.75) is 19.4 Å². The van der Waals surface area contributed by atoms with Gasteiger partial charge in [-0.05, 0) is 50.7 Å². The molecule has 5 heteroatoms. The van der Waals surface area contributed by atoms with Gasteiger partial charge < -0.3 is 16.0 Å². The largest absolute Gasteiger partial charge is 0.355 e. The van der Waals surface area contributed by atoms with Crippen molar-refractivity contribution in [1.29, 1.82) is 0 Å². The smallest absolute Gasteiger partial charge is 0.254 e. The SMILES string of the molecule is CNC(=O)c1cc(C)c(C[C@@H](CN)N(C)C)cc1F. The van der Waals surface area contributed by atoms with Crippen LogP contribution < -0.4 is 11.1 Å². The first-order chi connectivity index (χ1) is 8.90. The Morgan fingerprint density at radius 2 is 2.11 bits per heavy atom. The number of amides is 1. The minimum Gasteiger partial charge on any atom is -0.355 e. The number of benzene rings is 1. The Balaban J connectivity index is 3.05. The molecule has 1 amide bonds. The van der Waals surface area contributed by atoms with E-state index < -0.39 is 11.7 Å². The predicted octanol–water partition coefficient (Wildman–Crippen LogP) is 0.925. The lowest BCUT2D eigenvalue weighted by Crippen LogP contribution is -2.37. The zero-order valence-electron chi connectivity index (χ0n) is 12.0. The monoisotopic (exact) mass is 267 g/mol. The topological polar surface area (TPSA) is 58.4 Å². The fourth-order valence-electron chi connectivity index (χ4n) is 1.98. The Morgan fingerprint density at radius 3 is 2.58 bits per heavy atom. The maximum atomic E-state index is 13.9. The molecule has 0 saturated heterocycles. The van der Waals surface area contributed by atoms with E-state index >= 15 is 0 Å². The van der Waals surface area contributed by atoms with Gasteiger partial charge in [0.2, 0.25) is 0 Å². The first kappa shape index (κ1) is 15.6. The van der Waals surface area contributed by atoms with Gasteiger partial charge in [-0.15, -0.1) is 0 Å². The lowest BCUT2D eigenvalue weighted by atomic mass is 9.97. The Kier molecular flexibility index (Phi) is 5.44. The van der Waals surface area contributed by atoms with Gasteiger partial charge in [0.05, 0.1) is 5.56 Å². The summed E-state index contributed by atoms with van der Waals surface area (Å²) in [7, 11) is 5.38. The maximum absolute atomic E-state index is 13.9. The van der Waals surface area contributed by atoms with Gasteiger partial charge in [0.1, 0.15) is 5.82 Å². The van der Waals surface area contributed by atoms with Crippen LogP contribution in [-0.2, 0) is 6.42 Å². The summed E-state index contributed by atoms with van der Waals surface area (Å²) < 4.78 is 13.9. The zero-order valence-corrected chi connectivity index (χ0v) is 12.0. The number of nitrogens with one attached hydrogen (secondary N) is 1. The van der Waals surface area contributed by atoms with Crippen LogP contribution in [0.3, 0.4) is 0 Å². The number of nitrogens with zero attached hydrogens (tertiary/aromatic N) is 1. The summed E-state index contributed by atoms with van der Waals surface area (Å²) in [5, 5.41) is 2.43. The van der Waals surface area contributed by atoms with Gasteiger partial charge in [0, 0.05) is 19.6 Å². The van der Waals surface area contributed by atoms with Gasteiger partial charge in [-0.1, -0.05) is 0 Å². The van der Waals surface area contributed by atoms with Gasteiger partial charge in [0.25, 0.3) is 5.91 Å². The Hall–Kier alpha value is -1.46. The third-order valence-electron chi connectivity index (χ3n) is 3.36. The van der Waals surface area contributed by atoms with E-state index in [0.29, 0.717) is 13.0 Å². The lowest BCUT2D eigenvalue weighted by Gasteiger charge is -2.23. The van der Waals surface area contributed by atoms with Crippen LogP contribution in [-0.4, -0.2) is 44.5 Å². The van der Waals surface area contributed by atoms with E-state index in [4.69, 9.17) is 5.73 Å². The minimum absolute atomic E-state index is 0.0814. The highest BCUT2D eigenvalue weighted by Gasteiger charge is 2.16. The van der Waals surface area contributed by atoms with Crippen LogP contribution in [0.1, 0.15) is 21.5 Å². The zero-order chi connectivity index (χ0) is 14.6. The molecule has 0 radical (unpaired) electrons. The molecular formula is C14H22FN3O. The molecule has 106 valence electrons. The maximum Gasteiger partial charge on any atom is 0.254 e. The molecule has 1 aromatic rings. The highest BCUT2D eigenvalue weighted by molar-refractivity contribution is 5.94. The molecule has 0 saturated carbocycles. The van der Waals surface area contributed by atoms with Crippen molar-refractivity contribution >= 4 is 5.91 Å². The van der Waals surface area contributed by atoms with Crippen LogP contribution in [0, 0.1) is 12.7 Å². The molecule has 3 N–H and O–H groups in total. The Labute approximate surface area is 113 Å². The number of halogens is 1. The number of rotatable bonds is 5. The van der Waals surface area contributed by atoms with E-state index in [1.165, 1.54) is 13.1 Å². The normalized spacial score (nSPS) is 12.6. The molecule has 0 aliphatic heterocycles. The van der Waals surface area contributed by atoms with Gasteiger partial charge >= 0.3 is 0 Å². The predicted molar refractivity (Wildman–Crippen MR) is 74.8 cm³/mol. The van der Waals surface area contributed by atoms with Crippen molar-refractivity contribution in [3.8, 4) is 0 Å². The van der Waals surface area contributed by atoms with Gasteiger partial charge in [-0.2, -0.15) is 0 Å². The van der Waals surface area contributed by atoms with E-state index in [0.717, 1.165) is 11.1 Å². The van der Waals surface area contributed by atoms with Crippen LogP contribution in [0.15, 0.2) is 12.1 Å². The van der Waals surface area contributed by atoms with E-state index in [-0.39, 0.29) is 11.6 Å². The van der Waals surface area contributed by atoms with Gasteiger partial charge in [-0.25, -0.2) is 4.39 Å². The van der Waals surface area contributed by atoms with Crippen molar-refractivity contribution in [1.82, 2.24) is 10.2 Å². The first-order valence-electron chi connectivity index (χ1n) is 6.28. The lowest BCUT2D eigenvalue weighted by molar-refractivity contribution is 0.0959. The molecule has 0 fully saturated rings. The van der Waals surface area contributed by atoms with E-state index in [2.05, 4.69) is 5.32 Å². The summed E-state index contributed by atoms with van der Waals surface area (Å²) in [6.07, 6.45) is 0.667. The summed E-state index contributed by atoms with van der Waals surface area (Å²) in [5.41, 5.74) is 7.58. The van der Waals surface area contributed by atoms with Crippen molar-refractivity contribution in [3.63, 3.8) is 0 Å². The molecule has 1 aromatic carbocycles. The summed E-state index contributed by atoms with van der Waals surface area (Å²) >= 11 is 0. The number of aryl methyl sites for hydroxylation is 1. The second-order valence-corrected chi connectivity index (χ2v) is 4.89. The molecule has 1 rings (SSSR count). The number of hydrogen-bond donors (Lipinski definition) is 2. The van der Waals surface area contributed by atoms with Crippen LogP contribution in [0.4, 0.5) is 4.39 Å². The number of carbonyl (C=O) groups excluding carboxylic acids is 1. The minimum atomic E-state index is -0.491. The van der Waals surface area contributed by atoms with Crippen molar-refractivity contribution in [2.75, 3.05) is 27.7 Å². The highest BCUT2D eigenvalue weighted by Crippen LogP contribution is 2.18. The molecule has 0 unspecified atom stereocenters. The molecule has 0 heterocycles. The number of likely N-dealkylation sites (N-methyl/N-ethyl adjacent to an activating group) is 1. The number of carbonyl (C=O) groups is 1. The van der Waals surface area contributed by atoms with Gasteiger partial charge in [0.15, 0.2) is 0 Å². The third kappa shape index (κ3) is 3.75. The molecule has 0 aliphatic carbocycles. The van der Waals surface area contributed by atoms with Gasteiger partial charge in [-0.3, -0.25) is 4.79 Å². The third-order valence-corrected chi connectivity index (χ3v) is 3.36. The summed E-state index contributed by atoms with van der Waals surface area (Å²) in [5.74, 6) is -0.899. The molecule has 0 bridgehead atoms. The van der Waals surface area contributed by atoms with E-state index in [9.17, 15) is 9.18 Å². The number of hydrogen-bond acceptors (Lipinski definition) is 3. The Bertz CT molecular complexity index is 460. The van der Waals surface area contributed by atoms with Crippen molar-refractivity contribution in [2.24, 2.45) is 5.73 Å². The standard InChI is InChI=1S/C14H22FN3O/c1-9-5-12(14(19)17-2)13(15)7-10(9)6-11(8-16)18(3)4/h5,7,11H,6,8,16H2,1-4H3,(H,17,19)/t11-/m0/s1. The number of nitrogens with two attached hydrogens (primary N) is 1. The fourth-order valence-corrected chi connectivity index (χ4v) is 1.98. The Morgan fingerprint density at radius 1 is 1.47 bits per heavy atom. The molecule has 4 nitrogen and oxygen atoms in total. The molecule has 0 spiro atoms. The van der Waals surface area contributed by atoms with Crippen LogP contribution in [0.5, 0.6) is 0 Å². The van der Waals surface area contributed by atoms with Crippen molar-refractivity contribution < 1.29 is 9.18 Å². The van der Waals surface area contributed by atoms with E-state index in [1.807, 2.05) is 25.9 Å². The average Bonchev–Trinajstić information content (AvgIpc) is 2.37. The molecular weight excluding hydrogens is 245 g/mol. The summed E-state index contributed by atoms with van der Waals surface area (Å²) in [6, 6.07) is 3.18. The second kappa shape index (κ2) is 6.63. The second-order valence-electron chi connectivity index (χ2n) is 4.89. The van der Waals surface area contributed by atoms with Crippen LogP contribution in [0.2, 0.25) is 0 Å². The molecule has 0 aliphatic rings. The van der Waals surface area contributed by atoms with Crippen LogP contribution >= 0.6 is 0 Å². The fraction of sp³-hybridized carbons (Fsp3) is 0.500. The highest BCUT2D eigenvalue weighted by atomic mass is 19.1. The first-order valence-corrected chi connectivity index (χ1v) is 6.28.